The second-order valence-corrected chi connectivity index (χ2v) is 14.3. The zero-order valence-corrected chi connectivity index (χ0v) is 24.4. The summed E-state index contributed by atoms with van der Waals surface area (Å²) in [7, 11) is 0. The van der Waals surface area contributed by atoms with Crippen molar-refractivity contribution in [3.63, 3.8) is 0 Å². The van der Waals surface area contributed by atoms with Crippen molar-refractivity contribution >= 4 is 34.1 Å². The van der Waals surface area contributed by atoms with Gasteiger partial charge in [-0.25, -0.2) is 4.98 Å². The molecule has 1 aromatic heterocycles. The average Bonchev–Trinajstić information content (AvgIpc) is 3.32. The van der Waals surface area contributed by atoms with E-state index in [4.69, 9.17) is 9.47 Å². The fourth-order valence-electron chi connectivity index (χ4n) is 9.37. The summed E-state index contributed by atoms with van der Waals surface area (Å²) in [4.78, 5) is 31.3. The third-order valence-corrected chi connectivity index (χ3v) is 11.9. The third-order valence-electron chi connectivity index (χ3n) is 10.9. The maximum atomic E-state index is 14.5. The Bertz CT molecular complexity index is 1480. The molecule has 1 aliphatic heterocycles. The molecule has 1 aromatic carbocycles. The predicted octanol–water partition coefficient (Wildman–Crippen LogP) is 5.67. The molecule has 40 heavy (non-hydrogen) atoms. The van der Waals surface area contributed by atoms with Gasteiger partial charge in [-0.05, 0) is 75.0 Å². The van der Waals surface area contributed by atoms with E-state index in [-0.39, 0.29) is 46.6 Å². The maximum absolute atomic E-state index is 14.5. The lowest BCUT2D eigenvalue weighted by Gasteiger charge is -2.60. The van der Waals surface area contributed by atoms with Gasteiger partial charge in [0.25, 0.3) is 0 Å². The number of carbonyl (C=O) groups is 2. The Hall–Kier alpha value is -2.32. The van der Waals surface area contributed by atoms with Gasteiger partial charge in [0.15, 0.2) is 23.0 Å². The lowest BCUT2D eigenvalue weighted by Crippen LogP contribution is -2.63. The van der Waals surface area contributed by atoms with Crippen LogP contribution in [0.5, 0.6) is 0 Å². The number of hydrogen-bond acceptors (Lipinski definition) is 7. The number of benzene rings is 1. The van der Waals surface area contributed by atoms with Crippen LogP contribution < -0.4 is 0 Å². The molecule has 1 saturated heterocycles. The number of aliphatic hydroxyl groups is 1. The van der Waals surface area contributed by atoms with Gasteiger partial charge in [0, 0.05) is 28.3 Å². The highest BCUT2D eigenvalue weighted by molar-refractivity contribution is 8.00. The van der Waals surface area contributed by atoms with Crippen LogP contribution in [0.1, 0.15) is 53.4 Å². The highest BCUT2D eigenvalue weighted by Gasteiger charge is 2.76. The number of ether oxygens (including phenoxy) is 2. The zero-order chi connectivity index (χ0) is 28.1. The Morgan fingerprint density at radius 2 is 1.98 bits per heavy atom. The smallest absolute Gasteiger partial charge is 0.178 e. The summed E-state index contributed by atoms with van der Waals surface area (Å²) in [5.74, 6) is -0.267. The second kappa shape index (κ2) is 8.84. The van der Waals surface area contributed by atoms with E-state index >= 15 is 0 Å². The van der Waals surface area contributed by atoms with E-state index in [1.54, 1.807) is 18.3 Å². The minimum atomic E-state index is -1.14. The Morgan fingerprint density at radius 3 is 2.80 bits per heavy atom. The molecular formula is C33H37NO5S. The molecule has 0 amide bonds. The monoisotopic (exact) mass is 559 g/mol. The molecule has 0 radical (unpaired) electrons. The Kier molecular flexibility index (Phi) is 5.87. The Labute approximate surface area is 239 Å². The first-order valence-corrected chi connectivity index (χ1v) is 15.5. The lowest BCUT2D eigenvalue weighted by molar-refractivity contribution is -0.223. The van der Waals surface area contributed by atoms with Crippen molar-refractivity contribution in [2.45, 2.75) is 82.0 Å². The average molecular weight is 560 g/mol. The van der Waals surface area contributed by atoms with Crippen LogP contribution in [0.4, 0.5) is 0 Å². The summed E-state index contributed by atoms with van der Waals surface area (Å²) in [5, 5.41) is 14.9. The topological polar surface area (TPSA) is 85.7 Å². The quantitative estimate of drug-likeness (QED) is 0.483. The van der Waals surface area contributed by atoms with Gasteiger partial charge in [0.05, 0.1) is 18.0 Å². The summed E-state index contributed by atoms with van der Waals surface area (Å²) in [5.41, 5.74) is -0.953. The first kappa shape index (κ1) is 26.6. The number of Topliss-reactive ketones (excluding diaryl/α,β-unsaturated/α-hetero) is 1. The van der Waals surface area contributed by atoms with Crippen molar-refractivity contribution in [1.29, 1.82) is 0 Å². The summed E-state index contributed by atoms with van der Waals surface area (Å²) in [6.07, 6.45) is 9.16. The molecule has 0 spiro atoms. The van der Waals surface area contributed by atoms with Gasteiger partial charge in [0.2, 0.25) is 0 Å². The third kappa shape index (κ3) is 3.57. The molecule has 7 rings (SSSR count). The van der Waals surface area contributed by atoms with Crippen LogP contribution in [0.25, 0.3) is 10.8 Å². The molecule has 7 heteroatoms. The Balaban J connectivity index is 1.24. The van der Waals surface area contributed by atoms with Gasteiger partial charge in [-0.2, -0.15) is 0 Å². The number of aromatic nitrogens is 1. The van der Waals surface area contributed by atoms with Gasteiger partial charge in [0.1, 0.15) is 5.03 Å². The van der Waals surface area contributed by atoms with Crippen molar-refractivity contribution in [2.75, 3.05) is 5.75 Å². The minimum Gasteiger partial charge on any atom is -0.393 e. The van der Waals surface area contributed by atoms with Gasteiger partial charge in [-0.3, -0.25) is 9.59 Å². The molecular weight excluding hydrogens is 522 g/mol. The number of hydrogen-bond donors (Lipinski definition) is 1. The lowest BCUT2D eigenvalue weighted by atomic mass is 9.46. The van der Waals surface area contributed by atoms with E-state index in [0.29, 0.717) is 6.42 Å². The summed E-state index contributed by atoms with van der Waals surface area (Å²) >= 11 is 1.46. The predicted molar refractivity (Wildman–Crippen MR) is 154 cm³/mol. The fourth-order valence-corrected chi connectivity index (χ4v) is 10.3. The van der Waals surface area contributed by atoms with Crippen molar-refractivity contribution < 1.29 is 24.2 Å². The molecule has 0 bridgehead atoms. The van der Waals surface area contributed by atoms with E-state index in [0.717, 1.165) is 40.6 Å². The number of pyridine rings is 1. The van der Waals surface area contributed by atoms with E-state index < -0.39 is 22.9 Å². The van der Waals surface area contributed by atoms with Crippen LogP contribution in [0.2, 0.25) is 0 Å². The molecule has 2 heterocycles. The molecule has 8 atom stereocenters. The van der Waals surface area contributed by atoms with Crippen molar-refractivity contribution in [2.24, 2.45) is 28.6 Å². The standard InChI is InChI=1S/C33H37NO5S/c1-30(2)38-27-16-24-23-10-9-20-15-21(35)11-13-31(20,3)28(23)25(36)17-32(24,4)33(27,39-30)26(37)18-40-29-22-8-6-5-7-19(22)12-14-34-29/h5-8,11-15,23-25,27-28,36H,9-10,16-18H2,1-4H3/t23?,24?,25?,27-,28?,31?,32?,33-/m1/s1. The summed E-state index contributed by atoms with van der Waals surface area (Å²) in [6.45, 7) is 8.12. The Morgan fingerprint density at radius 1 is 1.18 bits per heavy atom. The van der Waals surface area contributed by atoms with E-state index in [1.807, 2.05) is 44.2 Å². The fraction of sp³-hybridized carbons (Fsp3) is 0.545. The maximum Gasteiger partial charge on any atom is 0.178 e. The van der Waals surface area contributed by atoms with Crippen molar-refractivity contribution in [1.82, 2.24) is 4.98 Å². The van der Waals surface area contributed by atoms with Crippen LogP contribution in [0.3, 0.4) is 0 Å². The first-order valence-electron chi connectivity index (χ1n) is 14.5. The molecule has 2 aromatic rings. The van der Waals surface area contributed by atoms with Crippen molar-refractivity contribution in [3.8, 4) is 0 Å². The highest BCUT2D eigenvalue weighted by atomic mass is 32.2. The number of fused-ring (bicyclic) bond motifs is 8. The van der Waals surface area contributed by atoms with Crippen molar-refractivity contribution in [3.05, 3.63) is 60.3 Å². The highest BCUT2D eigenvalue weighted by Crippen LogP contribution is 2.70. The van der Waals surface area contributed by atoms with E-state index in [2.05, 4.69) is 24.9 Å². The van der Waals surface area contributed by atoms with Crippen LogP contribution >= 0.6 is 11.8 Å². The van der Waals surface area contributed by atoms with Gasteiger partial charge in [-0.15, -0.1) is 0 Å². The number of nitrogens with zero attached hydrogens (tertiary/aromatic N) is 1. The van der Waals surface area contributed by atoms with Crippen LogP contribution in [0.15, 0.2) is 65.4 Å². The molecule has 1 N–H and O–H groups in total. The molecule has 5 aliphatic rings. The minimum absolute atomic E-state index is 0.0110. The van der Waals surface area contributed by atoms with Crippen LogP contribution in [0, 0.1) is 28.6 Å². The normalized spacial score (nSPS) is 41.2. The van der Waals surface area contributed by atoms with Gasteiger partial charge >= 0.3 is 0 Å². The van der Waals surface area contributed by atoms with Gasteiger partial charge < -0.3 is 14.6 Å². The second-order valence-electron chi connectivity index (χ2n) is 13.3. The van der Waals surface area contributed by atoms with E-state index in [9.17, 15) is 14.7 Å². The number of ketones is 2. The zero-order valence-electron chi connectivity index (χ0n) is 23.6. The number of thioether (sulfide) groups is 1. The van der Waals surface area contributed by atoms with Crippen LogP contribution in [-0.4, -0.2) is 51.0 Å². The summed E-state index contributed by atoms with van der Waals surface area (Å²) < 4.78 is 13.3. The number of aliphatic hydroxyl groups excluding tert-OH is 1. The molecule has 4 fully saturated rings. The van der Waals surface area contributed by atoms with E-state index in [1.165, 1.54) is 11.8 Å². The SMILES string of the molecule is CC1(C)O[C@@H]2CC3C4CCC5=CC(=O)C=CC5(C)C4C(O)CC3(C)[C@]2(C(=O)CSc2nccc3ccccc23)O1. The number of carbonyl (C=O) groups excluding carboxylic acids is 2. The molecule has 3 saturated carbocycles. The van der Waals surface area contributed by atoms with Crippen LogP contribution in [-0.2, 0) is 19.1 Å². The molecule has 6 nitrogen and oxygen atoms in total. The largest absolute Gasteiger partial charge is 0.393 e. The molecule has 210 valence electrons. The number of rotatable bonds is 4. The molecule has 6 unspecified atom stereocenters. The first-order chi connectivity index (χ1) is 19.0. The van der Waals surface area contributed by atoms with Gasteiger partial charge in [-0.1, -0.05) is 61.5 Å². The summed E-state index contributed by atoms with van der Waals surface area (Å²) in [6, 6.07) is 10.1. The number of allylic oxidation sites excluding steroid dienone is 4. The molecule has 4 aliphatic carbocycles.